The zero-order valence-electron chi connectivity index (χ0n) is 9.30. The molecule has 5 N–H and O–H groups in total. The van der Waals surface area contributed by atoms with Gasteiger partial charge in [-0.05, 0) is 6.92 Å². The molecule has 0 spiro atoms. The molecule has 0 aromatic carbocycles. The fraction of sp³-hybridized carbons (Fsp3) is 0.857. The largest absolute Gasteiger partial charge is 0.409 e. The second kappa shape index (κ2) is 7.39. The van der Waals surface area contributed by atoms with Crippen molar-refractivity contribution in [3.05, 3.63) is 0 Å². The minimum Gasteiger partial charge on any atom is -0.409 e. The predicted molar refractivity (Wildman–Crippen MR) is 59.4 cm³/mol. The molecule has 0 saturated heterocycles. The lowest BCUT2D eigenvalue weighted by molar-refractivity contribution is 0.204. The molecule has 0 aliphatic heterocycles. The lowest BCUT2D eigenvalue weighted by atomic mass is 10.2. The first kappa shape index (κ1) is 15.1. The van der Waals surface area contributed by atoms with E-state index in [1.165, 1.54) is 7.11 Å². The smallest absolute Gasteiger partial charge is 0.277 e. The summed E-state index contributed by atoms with van der Waals surface area (Å²) in [4.78, 5) is 0. The Morgan fingerprint density at radius 3 is 2.75 bits per heavy atom. The van der Waals surface area contributed by atoms with Gasteiger partial charge in [-0.2, -0.15) is 17.9 Å². The summed E-state index contributed by atoms with van der Waals surface area (Å²) in [7, 11) is -2.10. The third-order valence-electron chi connectivity index (χ3n) is 1.60. The number of amidine groups is 1. The maximum absolute atomic E-state index is 11.4. The monoisotopic (exact) mass is 254 g/mol. The molecule has 1 unspecified atom stereocenters. The van der Waals surface area contributed by atoms with E-state index in [9.17, 15) is 8.42 Å². The van der Waals surface area contributed by atoms with Gasteiger partial charge in [-0.15, -0.1) is 0 Å². The van der Waals surface area contributed by atoms with E-state index in [4.69, 9.17) is 15.7 Å². The van der Waals surface area contributed by atoms with Crippen molar-refractivity contribution in [2.45, 2.75) is 19.4 Å². The van der Waals surface area contributed by atoms with Crippen LogP contribution in [0.4, 0.5) is 0 Å². The summed E-state index contributed by atoms with van der Waals surface area (Å²) >= 11 is 0. The Morgan fingerprint density at radius 1 is 1.62 bits per heavy atom. The van der Waals surface area contributed by atoms with Crippen LogP contribution >= 0.6 is 0 Å². The van der Waals surface area contributed by atoms with Crippen LogP contribution in [0.3, 0.4) is 0 Å². The second-order valence-corrected chi connectivity index (χ2v) is 4.74. The SMILES string of the molecule is COCCNS(=O)(=O)NC(C)CC(N)=NO. The van der Waals surface area contributed by atoms with Crippen LogP contribution in [0, 0.1) is 0 Å². The summed E-state index contributed by atoms with van der Waals surface area (Å²) < 4.78 is 32.0. The standard InChI is InChI=1S/C7H18N4O4S/c1-6(5-7(8)10-12)11-16(13,14)9-3-4-15-2/h6,9,11-12H,3-5H2,1-2H3,(H2,8,10). The fourth-order valence-corrected chi connectivity index (χ4v) is 2.03. The quantitative estimate of drug-likeness (QED) is 0.139. The minimum atomic E-state index is -3.58. The number of hydrogen-bond donors (Lipinski definition) is 4. The van der Waals surface area contributed by atoms with E-state index >= 15 is 0 Å². The average molecular weight is 254 g/mol. The average Bonchev–Trinajstić information content (AvgIpc) is 2.16. The van der Waals surface area contributed by atoms with Gasteiger partial charge in [-0.3, -0.25) is 0 Å². The first-order valence-corrected chi connectivity index (χ1v) is 6.12. The Bertz CT molecular complexity index is 316. The molecule has 0 aliphatic carbocycles. The molecule has 0 fully saturated rings. The molecule has 0 rings (SSSR count). The molecule has 8 nitrogen and oxygen atoms in total. The fourth-order valence-electron chi connectivity index (χ4n) is 0.981. The van der Waals surface area contributed by atoms with Crippen molar-refractivity contribution < 1.29 is 18.4 Å². The Morgan fingerprint density at radius 2 is 2.25 bits per heavy atom. The highest BCUT2D eigenvalue weighted by molar-refractivity contribution is 7.87. The number of ether oxygens (including phenoxy) is 1. The topological polar surface area (TPSA) is 126 Å². The number of nitrogens with zero attached hydrogens (tertiary/aromatic N) is 1. The second-order valence-electron chi connectivity index (χ2n) is 3.20. The van der Waals surface area contributed by atoms with Crippen LogP contribution < -0.4 is 15.2 Å². The minimum absolute atomic E-state index is 0.0351. The van der Waals surface area contributed by atoms with Crippen molar-refractivity contribution in [3.63, 3.8) is 0 Å². The Kier molecular flexibility index (Phi) is 6.97. The molecule has 1 atom stereocenters. The molecule has 0 bridgehead atoms. The molecule has 0 aromatic heterocycles. The highest BCUT2D eigenvalue weighted by Gasteiger charge is 2.14. The van der Waals surface area contributed by atoms with E-state index in [0.717, 1.165) is 0 Å². The van der Waals surface area contributed by atoms with Gasteiger partial charge in [-0.1, -0.05) is 5.16 Å². The van der Waals surface area contributed by atoms with E-state index in [1.54, 1.807) is 6.92 Å². The van der Waals surface area contributed by atoms with Crippen LogP contribution in [0.5, 0.6) is 0 Å². The van der Waals surface area contributed by atoms with E-state index in [-0.39, 0.29) is 25.4 Å². The molecule has 96 valence electrons. The van der Waals surface area contributed by atoms with Gasteiger partial charge in [-0.25, -0.2) is 0 Å². The van der Waals surface area contributed by atoms with Crippen LogP contribution in [-0.2, 0) is 14.9 Å². The lowest BCUT2D eigenvalue weighted by Crippen LogP contribution is -2.43. The van der Waals surface area contributed by atoms with Gasteiger partial charge in [0.1, 0.15) is 5.84 Å². The van der Waals surface area contributed by atoms with Crippen LogP contribution in [0.2, 0.25) is 0 Å². The summed E-state index contributed by atoms with van der Waals surface area (Å²) in [5.74, 6) is -0.0351. The zero-order chi connectivity index (χ0) is 12.6. The highest BCUT2D eigenvalue weighted by atomic mass is 32.2. The summed E-state index contributed by atoms with van der Waals surface area (Å²) in [6, 6.07) is -0.462. The predicted octanol–water partition coefficient (Wildman–Crippen LogP) is -1.42. The summed E-state index contributed by atoms with van der Waals surface area (Å²) in [5.41, 5.74) is 5.24. The Balaban J connectivity index is 4.05. The maximum atomic E-state index is 11.4. The molecule has 0 heterocycles. The van der Waals surface area contributed by atoms with E-state index < -0.39 is 16.3 Å². The first-order valence-electron chi connectivity index (χ1n) is 4.63. The van der Waals surface area contributed by atoms with Gasteiger partial charge >= 0.3 is 0 Å². The third kappa shape index (κ3) is 7.40. The number of rotatable bonds is 8. The van der Waals surface area contributed by atoms with E-state index in [1.807, 2.05) is 0 Å². The summed E-state index contributed by atoms with van der Waals surface area (Å²) in [6.07, 6.45) is 0.127. The van der Waals surface area contributed by atoms with Crippen LogP contribution in [0.15, 0.2) is 5.16 Å². The normalized spacial score (nSPS) is 15.0. The first-order chi connectivity index (χ1) is 7.41. The van der Waals surface area contributed by atoms with Gasteiger partial charge in [0.25, 0.3) is 10.2 Å². The van der Waals surface area contributed by atoms with Crippen molar-refractivity contribution in [1.82, 2.24) is 9.44 Å². The molecule has 0 aliphatic rings. The molecular weight excluding hydrogens is 236 g/mol. The van der Waals surface area contributed by atoms with Crippen LogP contribution in [0.1, 0.15) is 13.3 Å². The number of hydrogen-bond acceptors (Lipinski definition) is 5. The molecular formula is C7H18N4O4S. The number of nitrogens with two attached hydrogens (primary N) is 1. The molecule has 0 amide bonds. The van der Waals surface area contributed by atoms with Crippen molar-refractivity contribution in [3.8, 4) is 0 Å². The van der Waals surface area contributed by atoms with Crippen molar-refractivity contribution in [2.24, 2.45) is 10.9 Å². The number of methoxy groups -OCH3 is 1. The molecule has 9 heteroatoms. The molecule has 0 aromatic rings. The summed E-state index contributed by atoms with van der Waals surface area (Å²) in [5, 5.41) is 11.1. The van der Waals surface area contributed by atoms with Gasteiger partial charge in [0.15, 0.2) is 0 Å². The number of nitrogens with one attached hydrogen (secondary N) is 2. The Hall–Kier alpha value is -0.900. The van der Waals surface area contributed by atoms with Crippen molar-refractivity contribution >= 4 is 16.0 Å². The van der Waals surface area contributed by atoms with Crippen molar-refractivity contribution in [2.75, 3.05) is 20.3 Å². The van der Waals surface area contributed by atoms with Gasteiger partial charge in [0, 0.05) is 26.1 Å². The van der Waals surface area contributed by atoms with Crippen molar-refractivity contribution in [1.29, 1.82) is 0 Å². The zero-order valence-corrected chi connectivity index (χ0v) is 10.1. The Labute approximate surface area is 95.0 Å². The third-order valence-corrected chi connectivity index (χ3v) is 2.90. The lowest BCUT2D eigenvalue weighted by Gasteiger charge is -2.13. The van der Waals surface area contributed by atoms with Gasteiger partial charge in [0.05, 0.1) is 6.61 Å². The summed E-state index contributed by atoms with van der Waals surface area (Å²) in [6.45, 7) is 2.07. The van der Waals surface area contributed by atoms with Gasteiger partial charge in [0.2, 0.25) is 0 Å². The molecule has 16 heavy (non-hydrogen) atoms. The van der Waals surface area contributed by atoms with Crippen LogP contribution in [0.25, 0.3) is 0 Å². The number of oxime groups is 1. The van der Waals surface area contributed by atoms with E-state index in [0.29, 0.717) is 0 Å². The van der Waals surface area contributed by atoms with E-state index in [2.05, 4.69) is 14.6 Å². The van der Waals surface area contributed by atoms with Gasteiger partial charge < -0.3 is 15.7 Å². The maximum Gasteiger partial charge on any atom is 0.277 e. The molecule has 0 saturated carbocycles. The highest BCUT2D eigenvalue weighted by Crippen LogP contribution is 1.92. The van der Waals surface area contributed by atoms with Crippen LogP contribution in [-0.4, -0.2) is 45.8 Å². The molecule has 0 radical (unpaired) electrons.